The van der Waals surface area contributed by atoms with E-state index in [9.17, 15) is 4.79 Å². The fourth-order valence-corrected chi connectivity index (χ4v) is 4.44. The van der Waals surface area contributed by atoms with Crippen LogP contribution in [0.2, 0.25) is 0 Å². The highest BCUT2D eigenvalue weighted by Gasteiger charge is 2.29. The minimum absolute atomic E-state index is 0.0293. The van der Waals surface area contributed by atoms with Crippen LogP contribution in [0.5, 0.6) is 0 Å². The number of thioether (sulfide) groups is 1. The van der Waals surface area contributed by atoms with Crippen LogP contribution in [0.15, 0.2) is 9.95 Å². The molecule has 0 amide bonds. The van der Waals surface area contributed by atoms with Crippen molar-refractivity contribution in [2.75, 3.05) is 0 Å². The van der Waals surface area contributed by atoms with E-state index >= 15 is 0 Å². The molecule has 1 aliphatic carbocycles. The highest BCUT2D eigenvalue weighted by molar-refractivity contribution is 7.99. The van der Waals surface area contributed by atoms with Gasteiger partial charge in [-0.15, -0.1) is 16.4 Å². The molecule has 0 unspecified atom stereocenters. The molecule has 7 nitrogen and oxygen atoms in total. The highest BCUT2D eigenvalue weighted by atomic mass is 32.2. The lowest BCUT2D eigenvalue weighted by Crippen LogP contribution is -2.12. The zero-order chi connectivity index (χ0) is 16.1. The Morgan fingerprint density at radius 3 is 2.91 bits per heavy atom. The van der Waals surface area contributed by atoms with Gasteiger partial charge in [-0.1, -0.05) is 11.8 Å². The van der Waals surface area contributed by atoms with Gasteiger partial charge in [0.15, 0.2) is 0 Å². The first-order valence-electron chi connectivity index (χ1n) is 7.49. The summed E-state index contributed by atoms with van der Waals surface area (Å²) in [6, 6.07) is 0.428. The molecule has 1 fully saturated rings. The minimum atomic E-state index is -0.0684. The number of tetrazole rings is 1. The molecule has 1 atom stereocenters. The predicted molar refractivity (Wildman–Crippen MR) is 90.1 cm³/mol. The van der Waals surface area contributed by atoms with Gasteiger partial charge in [0.25, 0.3) is 5.56 Å². The Bertz CT molecular complexity index is 939. The third-order valence-electron chi connectivity index (χ3n) is 4.08. The molecule has 3 aromatic heterocycles. The number of hydrogen-bond donors (Lipinski definition) is 1. The molecule has 0 aromatic carbocycles. The van der Waals surface area contributed by atoms with Crippen LogP contribution < -0.4 is 5.56 Å². The number of nitrogens with zero attached hydrogens (tertiary/aromatic N) is 5. The molecule has 0 spiro atoms. The van der Waals surface area contributed by atoms with Crippen LogP contribution in [-0.4, -0.2) is 30.2 Å². The number of fused-ring (bicyclic) bond motifs is 1. The largest absolute Gasteiger partial charge is 0.309 e. The Labute approximate surface area is 140 Å². The van der Waals surface area contributed by atoms with Crippen molar-refractivity contribution in [1.29, 1.82) is 0 Å². The van der Waals surface area contributed by atoms with Gasteiger partial charge in [-0.25, -0.2) is 9.67 Å². The van der Waals surface area contributed by atoms with E-state index in [2.05, 4.69) is 25.5 Å². The molecule has 0 saturated heterocycles. The molecule has 3 heterocycles. The Kier molecular flexibility index (Phi) is 3.49. The van der Waals surface area contributed by atoms with Crippen LogP contribution in [0.3, 0.4) is 0 Å². The second-order valence-corrected chi connectivity index (χ2v) is 8.32. The number of nitrogens with one attached hydrogen (secondary N) is 1. The van der Waals surface area contributed by atoms with E-state index in [0.29, 0.717) is 17.3 Å². The first-order chi connectivity index (χ1) is 11.0. The maximum absolute atomic E-state index is 12.4. The predicted octanol–water partition coefficient (Wildman–Crippen LogP) is 2.78. The smallest absolute Gasteiger partial charge is 0.259 e. The number of rotatable bonds is 4. The first kappa shape index (κ1) is 14.8. The van der Waals surface area contributed by atoms with E-state index < -0.39 is 0 Å². The van der Waals surface area contributed by atoms with E-state index in [0.717, 1.165) is 33.3 Å². The fourth-order valence-electron chi connectivity index (χ4n) is 2.49. The summed E-state index contributed by atoms with van der Waals surface area (Å²) in [5.41, 5.74) is 0.948. The summed E-state index contributed by atoms with van der Waals surface area (Å²) < 4.78 is 1.87. The molecule has 9 heteroatoms. The van der Waals surface area contributed by atoms with E-state index in [-0.39, 0.29) is 10.8 Å². The van der Waals surface area contributed by atoms with E-state index in [1.165, 1.54) is 11.8 Å². The number of aromatic nitrogens is 6. The third-order valence-corrected chi connectivity index (χ3v) is 6.24. The number of aryl methyl sites for hydroxylation is 2. The summed E-state index contributed by atoms with van der Waals surface area (Å²) in [5.74, 6) is 0.666. The molecule has 0 aliphatic heterocycles. The average molecular weight is 348 g/mol. The topological polar surface area (TPSA) is 89.3 Å². The van der Waals surface area contributed by atoms with Crippen molar-refractivity contribution in [3.8, 4) is 0 Å². The normalized spacial score (nSPS) is 16.1. The van der Waals surface area contributed by atoms with Crippen LogP contribution in [0.25, 0.3) is 10.2 Å². The van der Waals surface area contributed by atoms with E-state index in [1.54, 1.807) is 11.3 Å². The van der Waals surface area contributed by atoms with Crippen LogP contribution in [0, 0.1) is 13.8 Å². The van der Waals surface area contributed by atoms with Crippen molar-refractivity contribution >= 4 is 33.3 Å². The van der Waals surface area contributed by atoms with Crippen LogP contribution in [0.4, 0.5) is 0 Å². The Hall–Kier alpha value is -1.74. The minimum Gasteiger partial charge on any atom is -0.309 e. The van der Waals surface area contributed by atoms with Crippen LogP contribution in [-0.2, 0) is 0 Å². The SMILES string of the molecule is Cc1sc2nc([C@@H](C)Sc3nnnn3C3CC3)[nH]c(=O)c2c1C. The quantitative estimate of drug-likeness (QED) is 0.729. The molecule has 0 radical (unpaired) electrons. The summed E-state index contributed by atoms with van der Waals surface area (Å²) in [7, 11) is 0. The monoisotopic (exact) mass is 348 g/mol. The number of hydrogen-bond acceptors (Lipinski definition) is 7. The third kappa shape index (κ3) is 2.57. The van der Waals surface area contributed by atoms with Gasteiger partial charge in [-0.2, -0.15) is 0 Å². The van der Waals surface area contributed by atoms with E-state index in [4.69, 9.17) is 0 Å². The standard InChI is InChI=1S/C14H16N6OS2/c1-6-7(2)22-13-10(6)12(21)15-11(16-13)8(3)23-14-17-18-19-20(14)9-4-5-9/h8-9H,4-5H2,1-3H3,(H,15,16,21)/t8-/m1/s1. The molecule has 0 bridgehead atoms. The molecular formula is C14H16N6OS2. The molecule has 120 valence electrons. The maximum atomic E-state index is 12.4. The van der Waals surface area contributed by atoms with Crippen molar-refractivity contribution in [2.24, 2.45) is 0 Å². The second kappa shape index (κ2) is 5.41. The van der Waals surface area contributed by atoms with Crippen LogP contribution >= 0.6 is 23.1 Å². The van der Waals surface area contributed by atoms with Gasteiger partial charge >= 0.3 is 0 Å². The van der Waals surface area contributed by atoms with Crippen LogP contribution in [0.1, 0.15) is 47.3 Å². The number of H-pyrrole nitrogens is 1. The molecule has 1 saturated carbocycles. The molecule has 23 heavy (non-hydrogen) atoms. The van der Waals surface area contributed by atoms with Gasteiger partial charge in [0.2, 0.25) is 5.16 Å². The lowest BCUT2D eigenvalue weighted by atomic mass is 10.2. The fraction of sp³-hybridized carbons (Fsp3) is 0.500. The summed E-state index contributed by atoms with van der Waals surface area (Å²) in [5, 5.41) is 13.4. The molecular weight excluding hydrogens is 332 g/mol. The van der Waals surface area contributed by atoms with Gasteiger partial charge in [-0.3, -0.25) is 4.79 Å². The molecule has 1 N–H and O–H groups in total. The van der Waals surface area contributed by atoms with Crippen molar-refractivity contribution < 1.29 is 0 Å². The molecule has 3 aromatic rings. The molecule has 1 aliphatic rings. The molecule has 4 rings (SSSR count). The Morgan fingerprint density at radius 1 is 1.39 bits per heavy atom. The van der Waals surface area contributed by atoms with Gasteiger partial charge < -0.3 is 4.98 Å². The lowest BCUT2D eigenvalue weighted by Gasteiger charge is -2.10. The van der Waals surface area contributed by atoms with Gasteiger partial charge in [0, 0.05) is 4.88 Å². The highest BCUT2D eigenvalue weighted by Crippen LogP contribution is 2.39. The second-order valence-electron chi connectivity index (χ2n) is 5.81. The van der Waals surface area contributed by atoms with Crippen molar-refractivity contribution in [2.45, 2.75) is 50.1 Å². The summed E-state index contributed by atoms with van der Waals surface area (Å²) in [6.45, 7) is 5.99. The average Bonchev–Trinajstić information content (AvgIpc) is 3.18. The van der Waals surface area contributed by atoms with Crippen molar-refractivity contribution in [3.63, 3.8) is 0 Å². The van der Waals surface area contributed by atoms with Crippen molar-refractivity contribution in [1.82, 2.24) is 30.2 Å². The summed E-state index contributed by atoms with van der Waals surface area (Å²) >= 11 is 3.09. The lowest BCUT2D eigenvalue weighted by molar-refractivity contribution is 0.564. The Morgan fingerprint density at radius 2 is 2.17 bits per heavy atom. The van der Waals surface area contributed by atoms with Crippen molar-refractivity contribution in [3.05, 3.63) is 26.6 Å². The number of thiophene rings is 1. The van der Waals surface area contributed by atoms with Gasteiger partial charge in [-0.05, 0) is 49.6 Å². The Balaban J connectivity index is 1.68. The van der Waals surface area contributed by atoms with Gasteiger partial charge in [0.05, 0.1) is 16.7 Å². The zero-order valence-electron chi connectivity index (χ0n) is 13.0. The first-order valence-corrected chi connectivity index (χ1v) is 9.18. The van der Waals surface area contributed by atoms with Gasteiger partial charge in [0.1, 0.15) is 10.7 Å². The number of aromatic amines is 1. The summed E-state index contributed by atoms with van der Waals surface area (Å²) in [6.07, 6.45) is 2.25. The van der Waals surface area contributed by atoms with E-state index in [1.807, 2.05) is 25.5 Å². The summed E-state index contributed by atoms with van der Waals surface area (Å²) in [4.78, 5) is 21.9. The zero-order valence-corrected chi connectivity index (χ0v) is 14.7. The maximum Gasteiger partial charge on any atom is 0.259 e.